The maximum Gasteiger partial charge on any atom is 0.420 e. The monoisotopic (exact) mass is 526 g/mol. The van der Waals surface area contributed by atoms with Crippen molar-refractivity contribution >= 4 is 41.2 Å². The molecule has 1 aromatic heterocycles. The number of nitrogens with two attached hydrogens (primary N) is 1. The largest absolute Gasteiger partial charge is 0.420 e. The van der Waals surface area contributed by atoms with Gasteiger partial charge < -0.3 is 15.8 Å². The summed E-state index contributed by atoms with van der Waals surface area (Å²) in [4.78, 5) is 33.4. The van der Waals surface area contributed by atoms with E-state index in [1.54, 1.807) is 13.8 Å². The average Bonchev–Trinajstić information content (AvgIpc) is 2.99. The lowest BCUT2D eigenvalue weighted by Gasteiger charge is -2.24. The van der Waals surface area contributed by atoms with Crippen molar-refractivity contribution in [1.29, 1.82) is 0 Å². The summed E-state index contributed by atoms with van der Waals surface area (Å²) in [7, 11) is 0. The first kappa shape index (κ1) is 26.1. The Labute approximate surface area is 198 Å². The number of anilines is 3. The van der Waals surface area contributed by atoms with Crippen molar-refractivity contribution in [3.8, 4) is 5.75 Å². The number of hydrogen-bond acceptors (Lipinski definition) is 6. The van der Waals surface area contributed by atoms with Crippen molar-refractivity contribution in [2.24, 2.45) is 0 Å². The second-order valence-electron chi connectivity index (χ2n) is 8.05. The number of carbonyl (C=O) groups is 2. The molecule has 190 valence electrons. The predicted molar refractivity (Wildman–Crippen MR) is 112 cm³/mol. The van der Waals surface area contributed by atoms with E-state index in [1.165, 1.54) is 0 Å². The van der Waals surface area contributed by atoms with E-state index in [2.05, 4.69) is 15.3 Å². The fourth-order valence-electron chi connectivity index (χ4n) is 3.10. The van der Waals surface area contributed by atoms with Crippen LogP contribution in [0.5, 0.6) is 5.75 Å². The first-order valence-electron chi connectivity index (χ1n) is 9.62. The molecule has 0 radical (unpaired) electrons. The SMILES string of the molecule is CC1(C)CN(c2ncc(OC(=O)N(CC(F)(F)F)c3ccc(Cl)c(C(F)(F)F)c3)c(N)n2)C(=O)N1. The highest BCUT2D eigenvalue weighted by molar-refractivity contribution is 6.31. The summed E-state index contributed by atoms with van der Waals surface area (Å²) in [6.07, 6.45) is -10.9. The van der Waals surface area contributed by atoms with E-state index in [4.69, 9.17) is 22.1 Å². The molecular weight excluding hydrogens is 510 g/mol. The van der Waals surface area contributed by atoms with Crippen LogP contribution in [0.15, 0.2) is 24.4 Å². The standard InChI is InChI=1S/C19H17ClF6N6O3/c1-17(2)7-32(15(33)30-17)14-28-6-12(13(27)29-14)35-16(34)31(8-18(21,22)23)9-3-4-11(20)10(5-9)19(24,25)26/h3-6H,7-8H2,1-2H3,(H,30,33)(H2,27,28,29). The highest BCUT2D eigenvalue weighted by Crippen LogP contribution is 2.38. The van der Waals surface area contributed by atoms with E-state index in [0.29, 0.717) is 6.07 Å². The number of ether oxygens (including phenoxy) is 1. The summed E-state index contributed by atoms with van der Waals surface area (Å²) < 4.78 is 83.7. The quantitative estimate of drug-likeness (QED) is 0.563. The van der Waals surface area contributed by atoms with Gasteiger partial charge in [0.05, 0.1) is 28.9 Å². The van der Waals surface area contributed by atoms with Crippen LogP contribution in [-0.2, 0) is 6.18 Å². The number of halogens is 7. The van der Waals surface area contributed by atoms with Crippen molar-refractivity contribution < 1.29 is 40.7 Å². The number of aromatic nitrogens is 2. The molecule has 1 aliphatic heterocycles. The molecule has 0 saturated carbocycles. The van der Waals surface area contributed by atoms with Crippen LogP contribution in [-0.4, -0.2) is 46.9 Å². The van der Waals surface area contributed by atoms with Gasteiger partial charge in [0.2, 0.25) is 5.95 Å². The number of nitrogens with zero attached hydrogens (tertiary/aromatic N) is 4. The van der Waals surface area contributed by atoms with Gasteiger partial charge >= 0.3 is 24.5 Å². The zero-order chi connectivity index (χ0) is 26.3. The Balaban J connectivity index is 1.89. The number of alkyl halides is 6. The molecule has 0 bridgehead atoms. The van der Waals surface area contributed by atoms with Gasteiger partial charge in [-0.25, -0.2) is 14.6 Å². The number of nitrogen functional groups attached to an aromatic ring is 1. The maximum absolute atomic E-state index is 13.2. The fourth-order valence-corrected chi connectivity index (χ4v) is 3.32. The lowest BCUT2D eigenvalue weighted by Crippen LogP contribution is -2.41. The number of amides is 3. The summed E-state index contributed by atoms with van der Waals surface area (Å²) in [5.74, 6) is -1.24. The maximum atomic E-state index is 13.2. The minimum atomic E-state index is -5.00. The predicted octanol–water partition coefficient (Wildman–Crippen LogP) is 4.61. The van der Waals surface area contributed by atoms with Gasteiger partial charge in [-0.2, -0.15) is 31.3 Å². The van der Waals surface area contributed by atoms with Crippen LogP contribution in [0.3, 0.4) is 0 Å². The van der Waals surface area contributed by atoms with Crippen molar-refractivity contribution in [3.05, 3.63) is 35.0 Å². The molecule has 1 aromatic carbocycles. The number of benzene rings is 1. The Hall–Kier alpha value is -3.49. The highest BCUT2D eigenvalue weighted by atomic mass is 35.5. The van der Waals surface area contributed by atoms with Crippen molar-refractivity contribution in [2.75, 3.05) is 28.6 Å². The van der Waals surface area contributed by atoms with E-state index in [-0.39, 0.29) is 23.5 Å². The topological polar surface area (TPSA) is 114 Å². The molecule has 1 aliphatic rings. The minimum absolute atomic E-state index is 0.0741. The van der Waals surface area contributed by atoms with Gasteiger partial charge in [-0.1, -0.05) is 11.6 Å². The van der Waals surface area contributed by atoms with Gasteiger partial charge in [0.1, 0.15) is 6.54 Å². The second-order valence-corrected chi connectivity index (χ2v) is 8.46. The molecule has 0 aliphatic carbocycles. The molecule has 1 fully saturated rings. The first-order valence-corrected chi connectivity index (χ1v) is 10.00. The molecule has 0 atom stereocenters. The normalized spacial score (nSPS) is 15.7. The zero-order valence-corrected chi connectivity index (χ0v) is 18.7. The van der Waals surface area contributed by atoms with Crippen LogP contribution in [0.4, 0.5) is 53.4 Å². The molecule has 3 amide bonds. The molecule has 2 aromatic rings. The summed E-state index contributed by atoms with van der Waals surface area (Å²) in [5.41, 5.74) is 2.89. The molecule has 0 spiro atoms. The molecule has 2 heterocycles. The first-order chi connectivity index (χ1) is 16.0. The third kappa shape index (κ3) is 6.15. The molecule has 3 rings (SSSR count). The van der Waals surface area contributed by atoms with Crippen LogP contribution < -0.4 is 25.6 Å². The summed E-state index contributed by atoms with van der Waals surface area (Å²) in [6, 6.07) is 1.25. The summed E-state index contributed by atoms with van der Waals surface area (Å²) >= 11 is 5.50. The Bertz CT molecular complexity index is 1160. The van der Waals surface area contributed by atoms with Crippen LogP contribution >= 0.6 is 11.6 Å². The van der Waals surface area contributed by atoms with E-state index in [0.717, 1.165) is 17.2 Å². The Morgan fingerprint density at radius 3 is 2.46 bits per heavy atom. The van der Waals surface area contributed by atoms with Crippen LogP contribution in [0.25, 0.3) is 0 Å². The van der Waals surface area contributed by atoms with Crippen LogP contribution in [0.2, 0.25) is 5.02 Å². The molecule has 16 heteroatoms. The van der Waals surface area contributed by atoms with Gasteiger partial charge in [-0.3, -0.25) is 9.80 Å². The number of urea groups is 1. The zero-order valence-electron chi connectivity index (χ0n) is 18.0. The van der Waals surface area contributed by atoms with Crippen molar-refractivity contribution in [2.45, 2.75) is 31.7 Å². The molecule has 9 nitrogen and oxygen atoms in total. The third-order valence-electron chi connectivity index (χ3n) is 4.58. The van der Waals surface area contributed by atoms with Gasteiger partial charge in [0.25, 0.3) is 0 Å². The van der Waals surface area contributed by atoms with Gasteiger partial charge in [0, 0.05) is 5.69 Å². The molecular formula is C19H17ClF6N6O3. The molecule has 1 saturated heterocycles. The summed E-state index contributed by atoms with van der Waals surface area (Å²) in [6.45, 7) is 1.66. The number of carbonyl (C=O) groups excluding carboxylic acids is 2. The van der Waals surface area contributed by atoms with E-state index >= 15 is 0 Å². The van der Waals surface area contributed by atoms with E-state index in [9.17, 15) is 35.9 Å². The second kappa shape index (κ2) is 8.94. The number of hydrogen-bond donors (Lipinski definition) is 2. The fraction of sp³-hybridized carbons (Fsp3) is 0.368. The van der Waals surface area contributed by atoms with E-state index < -0.39 is 64.4 Å². The van der Waals surface area contributed by atoms with Crippen molar-refractivity contribution in [1.82, 2.24) is 15.3 Å². The molecule has 0 unspecified atom stereocenters. The molecule has 3 N–H and O–H groups in total. The van der Waals surface area contributed by atoms with Gasteiger partial charge in [-0.05, 0) is 32.0 Å². The van der Waals surface area contributed by atoms with Crippen molar-refractivity contribution in [3.63, 3.8) is 0 Å². The number of rotatable bonds is 4. The Morgan fingerprint density at radius 1 is 1.29 bits per heavy atom. The average molecular weight is 527 g/mol. The number of nitrogens with one attached hydrogen (secondary N) is 1. The molecule has 35 heavy (non-hydrogen) atoms. The highest BCUT2D eigenvalue weighted by Gasteiger charge is 2.39. The van der Waals surface area contributed by atoms with Gasteiger partial charge in [0.15, 0.2) is 11.6 Å². The van der Waals surface area contributed by atoms with Gasteiger partial charge in [-0.15, -0.1) is 0 Å². The lowest BCUT2D eigenvalue weighted by molar-refractivity contribution is -0.137. The minimum Gasteiger partial charge on any atom is -0.404 e. The van der Waals surface area contributed by atoms with Crippen LogP contribution in [0, 0.1) is 0 Å². The van der Waals surface area contributed by atoms with E-state index in [1.807, 2.05) is 0 Å². The lowest BCUT2D eigenvalue weighted by atomic mass is 10.1. The van der Waals surface area contributed by atoms with Crippen LogP contribution in [0.1, 0.15) is 19.4 Å². The third-order valence-corrected chi connectivity index (χ3v) is 4.91. The smallest absolute Gasteiger partial charge is 0.404 e. The summed E-state index contributed by atoms with van der Waals surface area (Å²) in [5, 5.41) is 1.89. The Morgan fingerprint density at radius 2 is 1.94 bits per heavy atom. The Kier molecular flexibility index (Phi) is 6.67.